The highest BCUT2D eigenvalue weighted by Gasteiger charge is 2.31. The van der Waals surface area contributed by atoms with E-state index in [2.05, 4.69) is 38.1 Å². The van der Waals surface area contributed by atoms with Gasteiger partial charge in [-0.15, -0.1) is 0 Å². The molecule has 2 aliphatic carbocycles. The summed E-state index contributed by atoms with van der Waals surface area (Å²) in [5.41, 5.74) is 4.06. The third-order valence-electron chi connectivity index (χ3n) is 8.60. The van der Waals surface area contributed by atoms with Crippen LogP contribution in [0.5, 0.6) is 0 Å². The van der Waals surface area contributed by atoms with Crippen molar-refractivity contribution in [3.63, 3.8) is 0 Å². The molecule has 0 amide bonds. The summed E-state index contributed by atoms with van der Waals surface area (Å²) in [5.74, 6) is 2.83. The maximum atomic E-state index is 14.6. The normalized spacial score (nSPS) is 25.3. The van der Waals surface area contributed by atoms with Crippen molar-refractivity contribution >= 4 is 0 Å². The second-order valence-corrected chi connectivity index (χ2v) is 11.4. The summed E-state index contributed by atoms with van der Waals surface area (Å²) in [6.45, 7) is 4.33. The van der Waals surface area contributed by atoms with Crippen molar-refractivity contribution in [2.24, 2.45) is 11.8 Å². The number of hydrogen-bond acceptors (Lipinski definition) is 1. The van der Waals surface area contributed by atoms with E-state index in [1.165, 1.54) is 75.3 Å². The molecule has 2 aliphatic rings. The SMILES string of the molecule is CC=CCCC1CCC(c2ccc(COC(F)(F)Cc3ccc(C4CCC(C)CC4)cc3)cc2)CC1. The Morgan fingerprint density at radius 3 is 1.86 bits per heavy atom. The average molecular weight is 495 g/mol. The second kappa shape index (κ2) is 13.0. The first-order chi connectivity index (χ1) is 17.4. The summed E-state index contributed by atoms with van der Waals surface area (Å²) in [6, 6.07) is 16.0. The fraction of sp³-hybridized carbons (Fsp3) is 0.576. The van der Waals surface area contributed by atoms with Crippen LogP contribution in [-0.4, -0.2) is 6.11 Å². The van der Waals surface area contributed by atoms with Crippen LogP contribution in [0.15, 0.2) is 60.7 Å². The molecule has 2 fully saturated rings. The molecular formula is C33H44F2O. The van der Waals surface area contributed by atoms with Gasteiger partial charge in [0.05, 0.1) is 13.0 Å². The molecule has 0 atom stereocenters. The highest BCUT2D eigenvalue weighted by atomic mass is 19.3. The zero-order valence-corrected chi connectivity index (χ0v) is 22.2. The largest absolute Gasteiger partial charge is 0.360 e. The molecule has 36 heavy (non-hydrogen) atoms. The van der Waals surface area contributed by atoms with Gasteiger partial charge in [-0.1, -0.05) is 80.4 Å². The second-order valence-electron chi connectivity index (χ2n) is 11.4. The molecule has 0 aromatic heterocycles. The van der Waals surface area contributed by atoms with Gasteiger partial charge in [-0.25, -0.2) is 0 Å². The first-order valence-corrected chi connectivity index (χ1v) is 14.2. The summed E-state index contributed by atoms with van der Waals surface area (Å²) < 4.78 is 34.3. The topological polar surface area (TPSA) is 9.23 Å². The van der Waals surface area contributed by atoms with Crippen LogP contribution in [0.3, 0.4) is 0 Å². The Morgan fingerprint density at radius 2 is 1.31 bits per heavy atom. The molecule has 3 heteroatoms. The van der Waals surface area contributed by atoms with Crippen LogP contribution < -0.4 is 0 Å². The number of allylic oxidation sites excluding steroid dienone is 2. The zero-order chi connectivity index (χ0) is 25.4. The molecule has 0 aliphatic heterocycles. The lowest BCUT2D eigenvalue weighted by Gasteiger charge is -2.28. The standard InChI is InChI=1S/C33H44F2O/c1-3-4-5-6-26-9-17-30(18-10-26)32-21-13-28(14-22-32)24-36-33(34,35)23-27-11-19-31(20-12-27)29-15-7-25(2)8-16-29/h3-4,11-14,19-22,25-26,29-30H,5-10,15-18,23-24H2,1-2H3. The van der Waals surface area contributed by atoms with Gasteiger partial charge in [-0.3, -0.25) is 0 Å². The number of rotatable bonds is 10. The van der Waals surface area contributed by atoms with Crippen LogP contribution in [0.2, 0.25) is 0 Å². The van der Waals surface area contributed by atoms with E-state index < -0.39 is 6.11 Å². The third kappa shape index (κ3) is 8.00. The Hall–Kier alpha value is -2.00. The molecule has 2 aromatic rings. The van der Waals surface area contributed by atoms with Crippen molar-refractivity contribution in [3.05, 3.63) is 82.9 Å². The summed E-state index contributed by atoms with van der Waals surface area (Å²) in [6.07, 6.45) is 13.3. The van der Waals surface area contributed by atoms with E-state index in [1.54, 1.807) is 0 Å². The lowest BCUT2D eigenvalue weighted by molar-refractivity contribution is -0.244. The van der Waals surface area contributed by atoms with E-state index >= 15 is 0 Å². The fourth-order valence-corrected chi connectivity index (χ4v) is 6.15. The Labute approximate surface area is 217 Å². The van der Waals surface area contributed by atoms with Gasteiger partial charge in [-0.2, -0.15) is 8.78 Å². The van der Waals surface area contributed by atoms with Crippen LogP contribution in [0.4, 0.5) is 8.78 Å². The van der Waals surface area contributed by atoms with Gasteiger partial charge in [0.2, 0.25) is 0 Å². The van der Waals surface area contributed by atoms with E-state index in [9.17, 15) is 8.78 Å². The van der Waals surface area contributed by atoms with E-state index in [0.29, 0.717) is 17.4 Å². The van der Waals surface area contributed by atoms with Crippen molar-refractivity contribution in [2.75, 3.05) is 0 Å². The summed E-state index contributed by atoms with van der Waals surface area (Å²) in [5, 5.41) is 0. The highest BCUT2D eigenvalue weighted by Crippen LogP contribution is 2.38. The predicted octanol–water partition coefficient (Wildman–Crippen LogP) is 9.96. The summed E-state index contributed by atoms with van der Waals surface area (Å²) >= 11 is 0. The zero-order valence-electron chi connectivity index (χ0n) is 22.2. The quantitative estimate of drug-likeness (QED) is 0.299. The van der Waals surface area contributed by atoms with Crippen LogP contribution in [0.25, 0.3) is 0 Å². The lowest BCUT2D eigenvalue weighted by atomic mass is 9.77. The van der Waals surface area contributed by atoms with Crippen LogP contribution in [-0.2, 0) is 17.8 Å². The van der Waals surface area contributed by atoms with Crippen molar-refractivity contribution in [1.82, 2.24) is 0 Å². The predicted molar refractivity (Wildman–Crippen MR) is 145 cm³/mol. The minimum absolute atomic E-state index is 0.0662. The molecule has 0 bridgehead atoms. The number of hydrogen-bond donors (Lipinski definition) is 0. The van der Waals surface area contributed by atoms with Crippen molar-refractivity contribution in [3.8, 4) is 0 Å². The molecule has 0 N–H and O–H groups in total. The third-order valence-corrected chi connectivity index (χ3v) is 8.60. The van der Waals surface area contributed by atoms with Crippen LogP contribution in [0.1, 0.15) is 112 Å². The molecule has 196 valence electrons. The van der Waals surface area contributed by atoms with Gasteiger partial charge in [-0.05, 0) is 104 Å². The monoisotopic (exact) mass is 494 g/mol. The molecule has 1 nitrogen and oxygen atoms in total. The first-order valence-electron chi connectivity index (χ1n) is 14.2. The number of halogens is 2. The fourth-order valence-electron chi connectivity index (χ4n) is 6.15. The number of ether oxygens (including phenoxy) is 1. The Bertz CT molecular complexity index is 931. The van der Waals surface area contributed by atoms with Gasteiger partial charge in [0.1, 0.15) is 0 Å². The lowest BCUT2D eigenvalue weighted by Crippen LogP contribution is -2.23. The van der Waals surface area contributed by atoms with Crippen molar-refractivity contribution < 1.29 is 13.5 Å². The van der Waals surface area contributed by atoms with Crippen LogP contribution in [0, 0.1) is 11.8 Å². The maximum absolute atomic E-state index is 14.6. The molecule has 0 unspecified atom stereocenters. The van der Waals surface area contributed by atoms with Gasteiger partial charge < -0.3 is 4.74 Å². The van der Waals surface area contributed by atoms with Gasteiger partial charge in [0.15, 0.2) is 0 Å². The Kier molecular flexibility index (Phi) is 9.76. The van der Waals surface area contributed by atoms with Crippen LogP contribution >= 0.6 is 0 Å². The molecule has 2 aromatic carbocycles. The molecule has 0 heterocycles. The van der Waals surface area contributed by atoms with Gasteiger partial charge in [0.25, 0.3) is 0 Å². The average Bonchev–Trinajstić information content (AvgIpc) is 2.89. The van der Waals surface area contributed by atoms with Crippen molar-refractivity contribution in [2.45, 2.75) is 109 Å². The van der Waals surface area contributed by atoms with E-state index in [-0.39, 0.29) is 13.0 Å². The molecule has 0 saturated heterocycles. The van der Waals surface area contributed by atoms with Gasteiger partial charge >= 0.3 is 6.11 Å². The Morgan fingerprint density at radius 1 is 0.778 bits per heavy atom. The molecule has 4 rings (SSSR count). The molecule has 0 radical (unpaired) electrons. The molecule has 0 spiro atoms. The summed E-state index contributed by atoms with van der Waals surface area (Å²) in [7, 11) is 0. The minimum atomic E-state index is -3.17. The highest BCUT2D eigenvalue weighted by molar-refractivity contribution is 5.27. The number of alkyl halides is 2. The maximum Gasteiger partial charge on any atom is 0.360 e. The molecular weight excluding hydrogens is 450 g/mol. The number of benzene rings is 2. The Balaban J connectivity index is 1.22. The van der Waals surface area contributed by atoms with Crippen molar-refractivity contribution in [1.29, 1.82) is 0 Å². The van der Waals surface area contributed by atoms with Gasteiger partial charge in [0, 0.05) is 0 Å². The van der Waals surface area contributed by atoms with E-state index in [4.69, 9.17) is 4.74 Å². The first kappa shape index (κ1) is 27.0. The molecule has 2 saturated carbocycles. The summed E-state index contributed by atoms with van der Waals surface area (Å²) in [4.78, 5) is 0. The van der Waals surface area contributed by atoms with E-state index in [0.717, 1.165) is 17.4 Å². The minimum Gasteiger partial charge on any atom is -0.315 e. The smallest absolute Gasteiger partial charge is 0.315 e. The van der Waals surface area contributed by atoms with E-state index in [1.807, 2.05) is 36.4 Å².